The Balaban J connectivity index is 1.80. The molecule has 2 atom stereocenters. The molecule has 0 radical (unpaired) electrons. The molecule has 1 aromatic heterocycles. The number of carboxylic acids is 1. The Morgan fingerprint density at radius 2 is 2.00 bits per heavy atom. The number of aliphatic carboxylic acids is 1. The van der Waals surface area contributed by atoms with Crippen LogP contribution in [0.3, 0.4) is 0 Å². The molecule has 19 heavy (non-hydrogen) atoms. The van der Waals surface area contributed by atoms with Crippen molar-refractivity contribution in [1.82, 2.24) is 10.1 Å². The van der Waals surface area contributed by atoms with Crippen molar-refractivity contribution in [3.8, 4) is 0 Å². The number of rotatable bonds is 3. The van der Waals surface area contributed by atoms with Gasteiger partial charge >= 0.3 is 5.97 Å². The van der Waals surface area contributed by atoms with Crippen LogP contribution in [0.15, 0.2) is 16.7 Å². The normalized spacial score (nSPS) is 27.8. The molecule has 3 rings (SSSR count). The fraction of sp³-hybridized carbons (Fsp3) is 0.643. The molecule has 5 nitrogen and oxygen atoms in total. The Hall–Kier alpha value is -1.65. The molecule has 0 bridgehead atoms. The van der Waals surface area contributed by atoms with Gasteiger partial charge in [-0.25, -0.2) is 0 Å². The van der Waals surface area contributed by atoms with Gasteiger partial charge in [0.05, 0.1) is 11.8 Å². The predicted octanol–water partition coefficient (Wildman–Crippen LogP) is 2.86. The molecule has 1 fully saturated rings. The fourth-order valence-electron chi connectivity index (χ4n) is 3.11. The summed E-state index contributed by atoms with van der Waals surface area (Å²) in [5, 5.41) is 13.3. The molecule has 0 spiro atoms. The quantitative estimate of drug-likeness (QED) is 0.847. The zero-order valence-corrected chi connectivity index (χ0v) is 10.8. The van der Waals surface area contributed by atoms with Gasteiger partial charge in [0, 0.05) is 5.92 Å². The minimum Gasteiger partial charge on any atom is -0.481 e. The number of hydrogen-bond acceptors (Lipinski definition) is 4. The summed E-state index contributed by atoms with van der Waals surface area (Å²) in [6, 6.07) is 0. The van der Waals surface area contributed by atoms with Gasteiger partial charge in [0.25, 0.3) is 0 Å². The molecule has 1 N–H and O–H groups in total. The van der Waals surface area contributed by atoms with Crippen LogP contribution in [-0.2, 0) is 4.79 Å². The van der Waals surface area contributed by atoms with Crippen LogP contribution in [0.5, 0.6) is 0 Å². The highest BCUT2D eigenvalue weighted by atomic mass is 16.5. The minimum atomic E-state index is -0.782. The molecule has 2 aliphatic carbocycles. The lowest BCUT2D eigenvalue weighted by Gasteiger charge is -2.21. The number of carboxylic acid groups (broad SMARTS) is 1. The zero-order chi connectivity index (χ0) is 13.2. The van der Waals surface area contributed by atoms with E-state index in [9.17, 15) is 9.90 Å². The van der Waals surface area contributed by atoms with Crippen LogP contribution >= 0.6 is 0 Å². The first-order chi connectivity index (χ1) is 9.25. The molecule has 1 heterocycles. The number of nitrogens with zero attached hydrogens (tertiary/aromatic N) is 2. The number of aromatic nitrogens is 2. The van der Waals surface area contributed by atoms with E-state index in [0.717, 1.165) is 18.7 Å². The fourth-order valence-corrected chi connectivity index (χ4v) is 3.11. The second kappa shape index (κ2) is 5.15. The van der Waals surface area contributed by atoms with E-state index in [1.54, 1.807) is 0 Å². The number of hydrogen-bond donors (Lipinski definition) is 1. The van der Waals surface area contributed by atoms with E-state index >= 15 is 0 Å². The maximum atomic E-state index is 11.3. The molecule has 5 heteroatoms. The Morgan fingerprint density at radius 3 is 2.74 bits per heavy atom. The third-order valence-electron chi connectivity index (χ3n) is 4.24. The minimum absolute atomic E-state index is 0.176. The van der Waals surface area contributed by atoms with Crippen LogP contribution in [0.1, 0.15) is 62.1 Å². The van der Waals surface area contributed by atoms with Gasteiger partial charge in [0.1, 0.15) is 0 Å². The van der Waals surface area contributed by atoms with Crippen LogP contribution in [0.25, 0.3) is 0 Å². The second-order valence-corrected chi connectivity index (χ2v) is 5.47. The van der Waals surface area contributed by atoms with Gasteiger partial charge in [0.15, 0.2) is 5.82 Å². The average Bonchev–Trinajstić information content (AvgIpc) is 3.09. The van der Waals surface area contributed by atoms with E-state index in [-0.39, 0.29) is 5.92 Å². The molecule has 102 valence electrons. The van der Waals surface area contributed by atoms with Crippen molar-refractivity contribution < 1.29 is 14.4 Å². The van der Waals surface area contributed by atoms with Gasteiger partial charge in [0.2, 0.25) is 5.89 Å². The highest BCUT2D eigenvalue weighted by Crippen LogP contribution is 2.36. The van der Waals surface area contributed by atoms with Crippen molar-refractivity contribution in [3.63, 3.8) is 0 Å². The highest BCUT2D eigenvalue weighted by Gasteiger charge is 2.34. The van der Waals surface area contributed by atoms with Crippen LogP contribution < -0.4 is 0 Å². The van der Waals surface area contributed by atoms with E-state index in [4.69, 9.17) is 4.52 Å². The largest absolute Gasteiger partial charge is 0.481 e. The maximum absolute atomic E-state index is 11.3. The lowest BCUT2D eigenvalue weighted by atomic mass is 9.83. The van der Waals surface area contributed by atoms with Gasteiger partial charge < -0.3 is 9.63 Å². The Labute approximate surface area is 111 Å². The zero-order valence-electron chi connectivity index (χ0n) is 10.8. The molecule has 1 aromatic rings. The topological polar surface area (TPSA) is 76.2 Å². The van der Waals surface area contributed by atoms with Gasteiger partial charge in [-0.15, -0.1) is 0 Å². The third-order valence-corrected chi connectivity index (χ3v) is 4.24. The first kappa shape index (κ1) is 12.4. The predicted molar refractivity (Wildman–Crippen MR) is 67.7 cm³/mol. The van der Waals surface area contributed by atoms with Gasteiger partial charge in [-0.3, -0.25) is 4.79 Å². The number of allylic oxidation sites excluding steroid dienone is 2. The molecule has 1 saturated carbocycles. The SMILES string of the molecule is O=C(O)C1CC=CCC1c1nc(C2CCCC2)no1. The van der Waals surface area contributed by atoms with Crippen molar-refractivity contribution in [3.05, 3.63) is 23.9 Å². The van der Waals surface area contributed by atoms with Crippen molar-refractivity contribution in [1.29, 1.82) is 0 Å². The molecule has 2 aliphatic rings. The highest BCUT2D eigenvalue weighted by molar-refractivity contribution is 5.71. The monoisotopic (exact) mass is 262 g/mol. The Bertz CT molecular complexity index is 489. The first-order valence-electron chi connectivity index (χ1n) is 6.97. The lowest BCUT2D eigenvalue weighted by molar-refractivity contribution is -0.142. The standard InChI is InChI=1S/C14H18N2O3/c17-14(18)11-8-4-3-7-10(11)13-15-12(16-19-13)9-5-1-2-6-9/h3-4,9-11H,1-2,5-8H2,(H,17,18). The Morgan fingerprint density at radius 1 is 1.26 bits per heavy atom. The van der Waals surface area contributed by atoms with E-state index in [1.807, 2.05) is 12.2 Å². The summed E-state index contributed by atoms with van der Waals surface area (Å²) in [4.78, 5) is 15.8. The van der Waals surface area contributed by atoms with E-state index < -0.39 is 11.9 Å². The smallest absolute Gasteiger partial charge is 0.307 e. The van der Waals surface area contributed by atoms with Crippen molar-refractivity contribution in [2.24, 2.45) is 5.92 Å². The van der Waals surface area contributed by atoms with Crippen molar-refractivity contribution in [2.45, 2.75) is 50.4 Å². The van der Waals surface area contributed by atoms with Gasteiger partial charge in [-0.2, -0.15) is 4.98 Å². The summed E-state index contributed by atoms with van der Waals surface area (Å²) < 4.78 is 5.34. The van der Waals surface area contributed by atoms with Crippen molar-refractivity contribution >= 4 is 5.97 Å². The molecular formula is C14H18N2O3. The summed E-state index contributed by atoms with van der Waals surface area (Å²) in [5.41, 5.74) is 0. The van der Waals surface area contributed by atoms with E-state index in [2.05, 4.69) is 10.1 Å². The first-order valence-corrected chi connectivity index (χ1v) is 6.97. The summed E-state index contributed by atoms with van der Waals surface area (Å²) in [5.74, 6) is 0.270. The number of carbonyl (C=O) groups is 1. The van der Waals surface area contributed by atoms with E-state index in [1.165, 1.54) is 12.8 Å². The summed E-state index contributed by atoms with van der Waals surface area (Å²) in [6.45, 7) is 0. The summed E-state index contributed by atoms with van der Waals surface area (Å²) in [6.07, 6.45) is 9.81. The van der Waals surface area contributed by atoms with Crippen LogP contribution in [-0.4, -0.2) is 21.2 Å². The van der Waals surface area contributed by atoms with Crippen LogP contribution in [0, 0.1) is 5.92 Å². The molecule has 0 saturated heterocycles. The van der Waals surface area contributed by atoms with Crippen molar-refractivity contribution in [2.75, 3.05) is 0 Å². The third kappa shape index (κ3) is 2.41. The molecule has 0 aromatic carbocycles. The Kier molecular flexibility index (Phi) is 3.36. The summed E-state index contributed by atoms with van der Waals surface area (Å²) >= 11 is 0. The molecule has 2 unspecified atom stereocenters. The molecule has 0 aliphatic heterocycles. The lowest BCUT2D eigenvalue weighted by Crippen LogP contribution is -2.23. The van der Waals surface area contributed by atoms with Crippen LogP contribution in [0.2, 0.25) is 0 Å². The van der Waals surface area contributed by atoms with Crippen LogP contribution in [0.4, 0.5) is 0 Å². The molecule has 0 amide bonds. The van der Waals surface area contributed by atoms with Gasteiger partial charge in [-0.1, -0.05) is 30.2 Å². The van der Waals surface area contributed by atoms with E-state index in [0.29, 0.717) is 24.7 Å². The molecular weight excluding hydrogens is 244 g/mol. The van der Waals surface area contributed by atoms with Gasteiger partial charge in [-0.05, 0) is 25.7 Å². The average molecular weight is 262 g/mol. The second-order valence-electron chi connectivity index (χ2n) is 5.47. The maximum Gasteiger partial charge on any atom is 0.307 e. The summed E-state index contributed by atoms with van der Waals surface area (Å²) in [7, 11) is 0.